The highest BCUT2D eigenvalue weighted by atomic mass is 32.2. The number of ether oxygens (including phenoxy) is 1. The molecule has 0 unspecified atom stereocenters. The Bertz CT molecular complexity index is 1400. The second-order valence-electron chi connectivity index (χ2n) is 8.72. The summed E-state index contributed by atoms with van der Waals surface area (Å²) in [4.78, 5) is 29.9. The molecule has 1 amide bonds. The molecule has 0 aliphatic carbocycles. The number of sulfonamides is 1. The number of thiazole rings is 1. The number of fused-ring (bicyclic) bond motifs is 1. The molecule has 0 saturated heterocycles. The quantitative estimate of drug-likeness (QED) is 0.358. The summed E-state index contributed by atoms with van der Waals surface area (Å²) < 4.78 is 34.8. The van der Waals surface area contributed by atoms with Crippen LogP contribution in [-0.4, -0.2) is 49.4 Å². The van der Waals surface area contributed by atoms with Gasteiger partial charge in [0, 0.05) is 18.7 Å². The molecule has 0 aliphatic rings. The van der Waals surface area contributed by atoms with E-state index in [2.05, 4.69) is 18.8 Å². The third kappa shape index (κ3) is 6.11. The van der Waals surface area contributed by atoms with Gasteiger partial charge in [-0.25, -0.2) is 8.42 Å². The van der Waals surface area contributed by atoms with E-state index in [4.69, 9.17) is 4.74 Å². The highest BCUT2D eigenvalue weighted by molar-refractivity contribution is 7.89. The number of esters is 1. The van der Waals surface area contributed by atoms with E-state index >= 15 is 0 Å². The first-order valence-corrected chi connectivity index (χ1v) is 14.3. The lowest BCUT2D eigenvalue weighted by Crippen LogP contribution is -2.31. The predicted molar refractivity (Wildman–Crippen MR) is 142 cm³/mol. The highest BCUT2D eigenvalue weighted by Crippen LogP contribution is 2.24. The Morgan fingerprint density at radius 3 is 2.39 bits per heavy atom. The van der Waals surface area contributed by atoms with E-state index in [1.807, 2.05) is 32.0 Å². The molecule has 0 aliphatic heterocycles. The summed E-state index contributed by atoms with van der Waals surface area (Å²) >= 11 is 1.32. The minimum atomic E-state index is -3.64. The SMILES string of the molecule is CCCCN(CC)S(=O)(=O)c1ccc(C(=O)N=c2sc3cc(C(C)C)ccc3n2CC(=O)OC)cc1. The Labute approximate surface area is 216 Å². The fourth-order valence-electron chi connectivity index (χ4n) is 3.73. The number of hydrogen-bond donors (Lipinski definition) is 0. The Hall–Kier alpha value is -2.82. The molecule has 2 aromatic carbocycles. The van der Waals surface area contributed by atoms with Gasteiger partial charge in [-0.15, -0.1) is 0 Å². The molecule has 0 bridgehead atoms. The second kappa shape index (κ2) is 11.9. The summed E-state index contributed by atoms with van der Waals surface area (Å²) in [5, 5.41) is 0. The zero-order valence-electron chi connectivity index (χ0n) is 21.4. The van der Waals surface area contributed by atoms with Crippen LogP contribution in [0.1, 0.15) is 62.4 Å². The van der Waals surface area contributed by atoms with Crippen molar-refractivity contribution in [3.63, 3.8) is 0 Å². The molecule has 3 rings (SSSR count). The molecule has 36 heavy (non-hydrogen) atoms. The molecule has 0 fully saturated rings. The third-order valence-corrected chi connectivity index (χ3v) is 8.97. The molecule has 3 aromatic rings. The smallest absolute Gasteiger partial charge is 0.325 e. The molecule has 0 radical (unpaired) electrons. The minimum Gasteiger partial charge on any atom is -0.468 e. The van der Waals surface area contributed by atoms with Crippen LogP contribution in [0.4, 0.5) is 0 Å². The van der Waals surface area contributed by atoms with Crippen molar-refractivity contribution in [2.24, 2.45) is 4.99 Å². The van der Waals surface area contributed by atoms with Gasteiger partial charge in [0.15, 0.2) is 4.80 Å². The van der Waals surface area contributed by atoms with Gasteiger partial charge in [0.25, 0.3) is 5.91 Å². The van der Waals surface area contributed by atoms with Gasteiger partial charge in [-0.1, -0.05) is 51.5 Å². The average molecular weight is 532 g/mol. The highest BCUT2D eigenvalue weighted by Gasteiger charge is 2.23. The van der Waals surface area contributed by atoms with Crippen LogP contribution in [0.25, 0.3) is 10.2 Å². The number of hydrogen-bond acceptors (Lipinski definition) is 6. The van der Waals surface area contributed by atoms with Gasteiger partial charge >= 0.3 is 5.97 Å². The van der Waals surface area contributed by atoms with Gasteiger partial charge in [0.05, 0.1) is 22.2 Å². The maximum atomic E-state index is 13.0. The number of amides is 1. The van der Waals surface area contributed by atoms with Crippen molar-refractivity contribution in [2.45, 2.75) is 57.9 Å². The van der Waals surface area contributed by atoms with E-state index < -0.39 is 21.9 Å². The number of nitrogens with zero attached hydrogens (tertiary/aromatic N) is 3. The van der Waals surface area contributed by atoms with Gasteiger partial charge in [-0.3, -0.25) is 9.59 Å². The van der Waals surface area contributed by atoms with Crippen LogP contribution >= 0.6 is 11.3 Å². The molecule has 8 nitrogen and oxygen atoms in total. The number of aromatic nitrogens is 1. The van der Waals surface area contributed by atoms with E-state index in [0.717, 1.165) is 28.6 Å². The molecule has 1 aromatic heterocycles. The lowest BCUT2D eigenvalue weighted by Gasteiger charge is -2.20. The van der Waals surface area contributed by atoms with Crippen LogP contribution in [0.3, 0.4) is 0 Å². The molecule has 1 heterocycles. The van der Waals surface area contributed by atoms with E-state index in [1.54, 1.807) is 4.57 Å². The van der Waals surface area contributed by atoms with Crippen molar-refractivity contribution in [3.8, 4) is 0 Å². The summed E-state index contributed by atoms with van der Waals surface area (Å²) in [7, 11) is -2.33. The van der Waals surface area contributed by atoms with Gasteiger partial charge in [-0.2, -0.15) is 9.30 Å². The van der Waals surface area contributed by atoms with Crippen molar-refractivity contribution < 1.29 is 22.7 Å². The summed E-state index contributed by atoms with van der Waals surface area (Å²) in [6, 6.07) is 11.8. The maximum absolute atomic E-state index is 13.0. The monoisotopic (exact) mass is 531 g/mol. The first-order valence-electron chi connectivity index (χ1n) is 12.0. The summed E-state index contributed by atoms with van der Waals surface area (Å²) in [6.07, 6.45) is 1.68. The van der Waals surface area contributed by atoms with Crippen molar-refractivity contribution in [2.75, 3.05) is 20.2 Å². The number of methoxy groups -OCH3 is 1. The second-order valence-corrected chi connectivity index (χ2v) is 11.7. The molecular weight excluding hydrogens is 498 g/mol. The zero-order chi connectivity index (χ0) is 26.5. The number of rotatable bonds is 10. The van der Waals surface area contributed by atoms with Crippen LogP contribution in [-0.2, 0) is 26.1 Å². The number of benzene rings is 2. The Morgan fingerprint density at radius 1 is 1.11 bits per heavy atom. The summed E-state index contributed by atoms with van der Waals surface area (Å²) in [6.45, 7) is 8.77. The number of unbranched alkanes of at least 4 members (excludes halogenated alkanes) is 1. The van der Waals surface area contributed by atoms with E-state index in [1.165, 1.54) is 47.0 Å². The van der Waals surface area contributed by atoms with Crippen LogP contribution in [0.5, 0.6) is 0 Å². The van der Waals surface area contributed by atoms with Gasteiger partial charge in [0.1, 0.15) is 6.54 Å². The largest absolute Gasteiger partial charge is 0.468 e. The van der Waals surface area contributed by atoms with Crippen LogP contribution in [0.2, 0.25) is 0 Å². The topological polar surface area (TPSA) is 98.0 Å². The molecule has 0 atom stereocenters. The van der Waals surface area contributed by atoms with Crippen LogP contribution < -0.4 is 4.80 Å². The zero-order valence-corrected chi connectivity index (χ0v) is 23.0. The molecule has 0 saturated carbocycles. The van der Waals surface area contributed by atoms with Gasteiger partial charge in [-0.05, 0) is 54.3 Å². The standard InChI is InChI=1S/C26H33N3O5S2/c1-6-8-15-28(7-2)36(32,33)21-12-9-19(10-13-21)25(31)27-26-29(17-24(30)34-5)22-14-11-20(18(3)4)16-23(22)35-26/h9-14,16,18H,6-8,15,17H2,1-5H3. The first kappa shape index (κ1) is 27.8. The van der Waals surface area contributed by atoms with Gasteiger partial charge in [0.2, 0.25) is 10.0 Å². The van der Waals surface area contributed by atoms with Crippen molar-refractivity contribution >= 4 is 43.5 Å². The van der Waals surface area contributed by atoms with Crippen molar-refractivity contribution in [1.29, 1.82) is 0 Å². The lowest BCUT2D eigenvalue weighted by molar-refractivity contribution is -0.141. The first-order chi connectivity index (χ1) is 17.1. The third-order valence-electron chi connectivity index (χ3n) is 5.94. The maximum Gasteiger partial charge on any atom is 0.325 e. The molecule has 0 N–H and O–H groups in total. The summed E-state index contributed by atoms with van der Waals surface area (Å²) in [5.41, 5.74) is 2.19. The summed E-state index contributed by atoms with van der Waals surface area (Å²) in [5.74, 6) is -0.644. The number of carbonyl (C=O) groups excluding carboxylic acids is 2. The van der Waals surface area contributed by atoms with Crippen LogP contribution in [0, 0.1) is 0 Å². The van der Waals surface area contributed by atoms with Gasteiger partial charge < -0.3 is 9.30 Å². The molecule has 0 spiro atoms. The minimum absolute atomic E-state index is 0.0779. The fraction of sp³-hybridized carbons (Fsp3) is 0.423. The van der Waals surface area contributed by atoms with Crippen molar-refractivity contribution in [1.82, 2.24) is 8.87 Å². The molecule has 10 heteroatoms. The molecule has 194 valence electrons. The average Bonchev–Trinajstić information content (AvgIpc) is 3.20. The Morgan fingerprint density at radius 2 is 1.81 bits per heavy atom. The fourth-order valence-corrected chi connectivity index (χ4v) is 6.30. The predicted octanol–water partition coefficient (Wildman–Crippen LogP) is 4.55. The lowest BCUT2D eigenvalue weighted by atomic mass is 10.0. The van der Waals surface area contributed by atoms with E-state index in [-0.39, 0.29) is 17.0 Å². The Balaban J connectivity index is 1.98. The molecular formula is C26H33N3O5S2. The van der Waals surface area contributed by atoms with E-state index in [0.29, 0.717) is 23.8 Å². The van der Waals surface area contributed by atoms with Crippen molar-refractivity contribution in [3.05, 3.63) is 58.4 Å². The number of carbonyl (C=O) groups is 2. The normalized spacial score (nSPS) is 12.6. The van der Waals surface area contributed by atoms with Crippen LogP contribution in [0.15, 0.2) is 52.4 Å². The van der Waals surface area contributed by atoms with E-state index in [9.17, 15) is 18.0 Å². The Kier molecular flexibility index (Phi) is 9.21.